The van der Waals surface area contributed by atoms with E-state index in [1.54, 1.807) is 0 Å². The van der Waals surface area contributed by atoms with E-state index in [0.717, 1.165) is 43.5 Å². The molecule has 0 saturated carbocycles. The normalized spacial score (nSPS) is 16.1. The van der Waals surface area contributed by atoms with Crippen LogP contribution < -0.4 is 5.32 Å². The molecule has 1 aromatic heterocycles. The number of hydrogen-bond acceptors (Lipinski definition) is 5. The first kappa shape index (κ1) is 22.5. The molecule has 7 heteroatoms. The van der Waals surface area contributed by atoms with Gasteiger partial charge in [0.05, 0.1) is 12.6 Å². The molecule has 2 aromatic carbocycles. The quantitative estimate of drug-likeness (QED) is 0.535. The maximum Gasteiger partial charge on any atom is 0.241 e. The van der Waals surface area contributed by atoms with Crippen LogP contribution in [-0.4, -0.2) is 34.0 Å². The molecule has 1 aliphatic rings. The second-order valence-electron chi connectivity index (χ2n) is 8.45. The van der Waals surface area contributed by atoms with Gasteiger partial charge in [0.25, 0.3) is 0 Å². The summed E-state index contributed by atoms with van der Waals surface area (Å²) in [7, 11) is 0. The molecular weight excluding hydrogens is 424 g/mol. The molecule has 0 spiro atoms. The van der Waals surface area contributed by atoms with Gasteiger partial charge in [-0.25, -0.2) is 0 Å². The SMILES string of the molecule is CCC(NC(=O)C1CCN(Cc2nc(-c3ccc(Cl)cc3)no2)CC1)c1ccc(C)cc1. The smallest absolute Gasteiger partial charge is 0.241 e. The van der Waals surface area contributed by atoms with Gasteiger partial charge >= 0.3 is 0 Å². The van der Waals surface area contributed by atoms with Crippen LogP contribution in [0.3, 0.4) is 0 Å². The molecule has 6 nitrogen and oxygen atoms in total. The van der Waals surface area contributed by atoms with Crippen molar-refractivity contribution < 1.29 is 9.32 Å². The van der Waals surface area contributed by atoms with Crippen molar-refractivity contribution in [2.75, 3.05) is 13.1 Å². The molecule has 0 radical (unpaired) electrons. The summed E-state index contributed by atoms with van der Waals surface area (Å²) in [4.78, 5) is 19.6. The van der Waals surface area contributed by atoms with Gasteiger partial charge in [-0.1, -0.05) is 53.5 Å². The number of amides is 1. The lowest BCUT2D eigenvalue weighted by Crippen LogP contribution is -2.41. The Bertz CT molecular complexity index is 1020. The largest absolute Gasteiger partial charge is 0.349 e. The third-order valence-corrected chi connectivity index (χ3v) is 6.34. The summed E-state index contributed by atoms with van der Waals surface area (Å²) in [5.41, 5.74) is 3.26. The van der Waals surface area contributed by atoms with E-state index >= 15 is 0 Å². The number of hydrogen-bond donors (Lipinski definition) is 1. The number of carbonyl (C=O) groups excluding carboxylic acids is 1. The second-order valence-corrected chi connectivity index (χ2v) is 8.89. The molecule has 1 unspecified atom stereocenters. The highest BCUT2D eigenvalue weighted by atomic mass is 35.5. The number of piperidine rings is 1. The second kappa shape index (κ2) is 10.3. The van der Waals surface area contributed by atoms with E-state index in [2.05, 4.69) is 58.5 Å². The van der Waals surface area contributed by atoms with Crippen molar-refractivity contribution in [3.05, 3.63) is 70.6 Å². The Kier molecular flexibility index (Phi) is 7.22. The molecule has 3 aromatic rings. The topological polar surface area (TPSA) is 71.3 Å². The van der Waals surface area contributed by atoms with Crippen molar-refractivity contribution in [3.63, 3.8) is 0 Å². The number of aryl methyl sites for hydroxylation is 1. The Balaban J connectivity index is 1.28. The van der Waals surface area contributed by atoms with E-state index < -0.39 is 0 Å². The Morgan fingerprint density at radius 3 is 2.50 bits per heavy atom. The Labute approximate surface area is 194 Å². The number of carbonyl (C=O) groups is 1. The zero-order chi connectivity index (χ0) is 22.5. The number of nitrogens with zero attached hydrogens (tertiary/aromatic N) is 3. The van der Waals surface area contributed by atoms with E-state index in [9.17, 15) is 4.79 Å². The zero-order valence-corrected chi connectivity index (χ0v) is 19.3. The van der Waals surface area contributed by atoms with Crippen LogP contribution in [0.5, 0.6) is 0 Å². The van der Waals surface area contributed by atoms with Gasteiger partial charge in [-0.2, -0.15) is 4.98 Å². The molecule has 1 aliphatic heterocycles. The van der Waals surface area contributed by atoms with Gasteiger partial charge in [0.1, 0.15) is 0 Å². The van der Waals surface area contributed by atoms with Crippen molar-refractivity contribution in [1.82, 2.24) is 20.4 Å². The molecule has 1 saturated heterocycles. The fourth-order valence-electron chi connectivity index (χ4n) is 4.09. The lowest BCUT2D eigenvalue weighted by molar-refractivity contribution is -0.127. The number of likely N-dealkylation sites (tertiary alicyclic amines) is 1. The number of rotatable bonds is 7. The molecule has 1 N–H and O–H groups in total. The minimum absolute atomic E-state index is 0.0399. The first-order valence-corrected chi connectivity index (χ1v) is 11.6. The Morgan fingerprint density at radius 2 is 1.84 bits per heavy atom. The summed E-state index contributed by atoms with van der Waals surface area (Å²) in [6.07, 6.45) is 2.53. The van der Waals surface area contributed by atoms with E-state index in [1.807, 2.05) is 24.3 Å². The molecule has 0 bridgehead atoms. The van der Waals surface area contributed by atoms with E-state index in [0.29, 0.717) is 23.3 Å². The molecule has 0 aliphatic carbocycles. The van der Waals surface area contributed by atoms with Gasteiger partial charge in [0, 0.05) is 16.5 Å². The monoisotopic (exact) mass is 452 g/mol. The highest BCUT2D eigenvalue weighted by molar-refractivity contribution is 6.30. The lowest BCUT2D eigenvalue weighted by atomic mass is 9.94. The molecule has 1 fully saturated rings. The molecule has 2 heterocycles. The van der Waals surface area contributed by atoms with Gasteiger partial charge in [-0.05, 0) is 69.1 Å². The fourth-order valence-corrected chi connectivity index (χ4v) is 4.22. The number of benzene rings is 2. The van der Waals surface area contributed by atoms with Crippen LogP contribution in [0.15, 0.2) is 53.1 Å². The molecular formula is C25H29ClN4O2. The molecule has 32 heavy (non-hydrogen) atoms. The van der Waals surface area contributed by atoms with Crippen LogP contribution in [0, 0.1) is 12.8 Å². The molecule has 4 rings (SSSR count). The average molecular weight is 453 g/mol. The summed E-state index contributed by atoms with van der Waals surface area (Å²) in [6, 6.07) is 15.8. The maximum atomic E-state index is 12.9. The lowest BCUT2D eigenvalue weighted by Gasteiger charge is -2.31. The van der Waals surface area contributed by atoms with Gasteiger partial charge in [0.15, 0.2) is 0 Å². The predicted molar refractivity (Wildman–Crippen MR) is 125 cm³/mol. The van der Waals surface area contributed by atoms with Crippen molar-refractivity contribution in [1.29, 1.82) is 0 Å². The van der Waals surface area contributed by atoms with Crippen LogP contribution >= 0.6 is 11.6 Å². The molecule has 168 valence electrons. The highest BCUT2D eigenvalue weighted by Gasteiger charge is 2.27. The van der Waals surface area contributed by atoms with E-state index in [-0.39, 0.29) is 17.9 Å². The highest BCUT2D eigenvalue weighted by Crippen LogP contribution is 2.23. The van der Waals surface area contributed by atoms with Gasteiger partial charge < -0.3 is 9.84 Å². The van der Waals surface area contributed by atoms with Crippen LogP contribution in [0.2, 0.25) is 5.02 Å². The third kappa shape index (κ3) is 5.56. The third-order valence-electron chi connectivity index (χ3n) is 6.09. The first-order valence-electron chi connectivity index (χ1n) is 11.2. The Morgan fingerprint density at radius 1 is 1.16 bits per heavy atom. The summed E-state index contributed by atoms with van der Waals surface area (Å²) in [5, 5.41) is 8.01. The van der Waals surface area contributed by atoms with E-state index in [1.165, 1.54) is 5.56 Å². The minimum Gasteiger partial charge on any atom is -0.349 e. The van der Waals surface area contributed by atoms with Crippen LogP contribution in [0.1, 0.15) is 49.2 Å². The first-order chi connectivity index (χ1) is 15.5. The van der Waals surface area contributed by atoms with Gasteiger partial charge in [0.2, 0.25) is 17.6 Å². The van der Waals surface area contributed by atoms with Crippen molar-refractivity contribution >= 4 is 17.5 Å². The summed E-state index contributed by atoms with van der Waals surface area (Å²) < 4.78 is 5.44. The standard InChI is InChI=1S/C25H29ClN4O2/c1-3-22(18-6-4-17(2)5-7-18)27-25(31)20-12-14-30(15-13-20)16-23-28-24(29-32-23)19-8-10-21(26)11-9-19/h4-11,20,22H,3,12-16H2,1-2H3,(H,27,31). The van der Waals surface area contributed by atoms with Crippen LogP contribution in [0.25, 0.3) is 11.4 Å². The van der Waals surface area contributed by atoms with Crippen molar-refractivity contribution in [2.45, 2.75) is 45.7 Å². The fraction of sp³-hybridized carbons (Fsp3) is 0.400. The molecule has 1 atom stereocenters. The minimum atomic E-state index is 0.0399. The zero-order valence-electron chi connectivity index (χ0n) is 18.6. The summed E-state index contributed by atoms with van der Waals surface area (Å²) in [6.45, 7) is 6.44. The Hall–Kier alpha value is -2.70. The van der Waals surface area contributed by atoms with Gasteiger partial charge in [-0.3, -0.25) is 9.69 Å². The van der Waals surface area contributed by atoms with Crippen molar-refractivity contribution in [3.8, 4) is 11.4 Å². The predicted octanol–water partition coefficient (Wildman–Crippen LogP) is 5.18. The van der Waals surface area contributed by atoms with Gasteiger partial charge in [-0.15, -0.1) is 0 Å². The van der Waals surface area contributed by atoms with E-state index in [4.69, 9.17) is 16.1 Å². The summed E-state index contributed by atoms with van der Waals surface area (Å²) >= 11 is 5.94. The maximum absolute atomic E-state index is 12.9. The average Bonchev–Trinajstić information content (AvgIpc) is 3.27. The number of halogens is 1. The number of nitrogens with one attached hydrogen (secondary N) is 1. The van der Waals surface area contributed by atoms with Crippen molar-refractivity contribution in [2.24, 2.45) is 5.92 Å². The van der Waals surface area contributed by atoms with Crippen LogP contribution in [0.4, 0.5) is 0 Å². The number of aromatic nitrogens is 2. The summed E-state index contributed by atoms with van der Waals surface area (Å²) in [5.74, 6) is 1.34. The molecule has 1 amide bonds. The van der Waals surface area contributed by atoms with Crippen LogP contribution in [-0.2, 0) is 11.3 Å².